The van der Waals surface area contributed by atoms with E-state index < -0.39 is 17.8 Å². The molecule has 31 heavy (non-hydrogen) atoms. The van der Waals surface area contributed by atoms with Crippen LogP contribution in [0.4, 0.5) is 18.9 Å². The number of anilines is 1. The SMILES string of the molecule is C[C@@H]1Nc2ccc(C(F)(F)F)cc2[C@H]2O[C@@H](CN=C(NC#N)NCCN(C)C)CC[C@@H]12. The van der Waals surface area contributed by atoms with Crippen LogP contribution < -0.4 is 16.0 Å². The van der Waals surface area contributed by atoms with Gasteiger partial charge in [0.05, 0.1) is 24.3 Å². The second-order valence-corrected chi connectivity index (χ2v) is 8.31. The van der Waals surface area contributed by atoms with E-state index in [1.165, 1.54) is 12.1 Å². The predicted molar refractivity (Wildman–Crippen MR) is 112 cm³/mol. The molecule has 0 saturated carbocycles. The number of ether oxygens (including phenoxy) is 1. The van der Waals surface area contributed by atoms with Gasteiger partial charge in [0.1, 0.15) is 0 Å². The van der Waals surface area contributed by atoms with Crippen molar-refractivity contribution in [1.29, 1.82) is 5.26 Å². The quantitative estimate of drug-likeness (QED) is 0.284. The van der Waals surface area contributed by atoms with Gasteiger partial charge >= 0.3 is 6.18 Å². The van der Waals surface area contributed by atoms with Gasteiger partial charge in [0.15, 0.2) is 6.19 Å². The van der Waals surface area contributed by atoms with E-state index >= 15 is 0 Å². The number of nitrogens with one attached hydrogen (secondary N) is 3. The molecule has 0 amide bonds. The van der Waals surface area contributed by atoms with Crippen molar-refractivity contribution in [2.45, 2.75) is 44.2 Å². The Morgan fingerprint density at radius 1 is 1.35 bits per heavy atom. The highest BCUT2D eigenvalue weighted by atomic mass is 19.4. The van der Waals surface area contributed by atoms with Crippen LogP contribution in [0.25, 0.3) is 0 Å². The molecule has 2 heterocycles. The average molecular weight is 438 g/mol. The lowest BCUT2D eigenvalue weighted by Crippen LogP contribution is -2.43. The molecule has 170 valence electrons. The second-order valence-electron chi connectivity index (χ2n) is 8.31. The molecule has 1 aromatic carbocycles. The number of aliphatic imine (C=N–C) groups is 1. The van der Waals surface area contributed by atoms with Gasteiger partial charge in [-0.25, -0.2) is 4.99 Å². The van der Waals surface area contributed by atoms with Crippen LogP contribution in [0.5, 0.6) is 0 Å². The van der Waals surface area contributed by atoms with Crippen molar-refractivity contribution in [1.82, 2.24) is 15.5 Å². The molecule has 2 aliphatic rings. The third-order valence-electron chi connectivity index (χ3n) is 5.74. The lowest BCUT2D eigenvalue weighted by atomic mass is 9.79. The largest absolute Gasteiger partial charge is 0.416 e. The number of nitriles is 1. The first-order valence-corrected chi connectivity index (χ1v) is 10.4. The summed E-state index contributed by atoms with van der Waals surface area (Å²) in [4.78, 5) is 6.44. The van der Waals surface area contributed by atoms with Crippen LogP contribution in [-0.2, 0) is 10.9 Å². The van der Waals surface area contributed by atoms with Crippen LogP contribution in [0.1, 0.15) is 37.0 Å². The van der Waals surface area contributed by atoms with Crippen molar-refractivity contribution in [2.75, 3.05) is 39.0 Å². The van der Waals surface area contributed by atoms with E-state index in [2.05, 4.69) is 20.9 Å². The number of hydrogen-bond acceptors (Lipinski definition) is 5. The van der Waals surface area contributed by atoms with E-state index in [1.807, 2.05) is 32.1 Å². The van der Waals surface area contributed by atoms with Crippen LogP contribution in [0.15, 0.2) is 23.2 Å². The molecule has 0 aliphatic carbocycles. The summed E-state index contributed by atoms with van der Waals surface area (Å²) in [5.41, 5.74) is 0.560. The molecular weight excluding hydrogens is 409 g/mol. The zero-order valence-corrected chi connectivity index (χ0v) is 18.0. The lowest BCUT2D eigenvalue weighted by molar-refractivity contribution is -0.138. The molecule has 1 aromatic rings. The van der Waals surface area contributed by atoms with Gasteiger partial charge in [0, 0.05) is 36.3 Å². The summed E-state index contributed by atoms with van der Waals surface area (Å²) in [5, 5.41) is 17.9. The van der Waals surface area contributed by atoms with Crippen LogP contribution in [0, 0.1) is 17.4 Å². The van der Waals surface area contributed by atoms with Crippen LogP contribution in [0.3, 0.4) is 0 Å². The summed E-state index contributed by atoms with van der Waals surface area (Å²) in [7, 11) is 3.90. The minimum Gasteiger partial charge on any atom is -0.382 e. The number of guanidine groups is 1. The molecule has 3 rings (SSSR count). The fraction of sp³-hybridized carbons (Fsp3) is 0.619. The Balaban J connectivity index is 1.73. The number of rotatable bonds is 5. The summed E-state index contributed by atoms with van der Waals surface area (Å²) < 4.78 is 46.0. The van der Waals surface area contributed by atoms with Gasteiger partial charge in [-0.1, -0.05) is 0 Å². The van der Waals surface area contributed by atoms with Gasteiger partial charge in [-0.05, 0) is 52.1 Å². The number of likely N-dealkylation sites (N-methyl/N-ethyl adjacent to an activating group) is 1. The molecule has 0 spiro atoms. The Kier molecular flexibility index (Phi) is 7.28. The smallest absolute Gasteiger partial charge is 0.382 e. The van der Waals surface area contributed by atoms with E-state index in [4.69, 9.17) is 10.00 Å². The zero-order chi connectivity index (χ0) is 22.6. The molecule has 7 nitrogen and oxygen atoms in total. The first kappa shape index (κ1) is 23.2. The number of fused-ring (bicyclic) bond motifs is 3. The zero-order valence-electron chi connectivity index (χ0n) is 18.0. The molecular formula is C21H29F3N6O. The number of alkyl halides is 3. The Morgan fingerprint density at radius 3 is 2.81 bits per heavy atom. The van der Waals surface area contributed by atoms with Crippen molar-refractivity contribution in [3.05, 3.63) is 29.3 Å². The molecule has 10 heteroatoms. The Hall–Kier alpha value is -2.51. The molecule has 4 atom stereocenters. The van der Waals surface area contributed by atoms with Crippen LogP contribution in [0.2, 0.25) is 0 Å². The normalized spacial score (nSPS) is 25.8. The van der Waals surface area contributed by atoms with Crippen LogP contribution >= 0.6 is 0 Å². The number of hydrogen-bond donors (Lipinski definition) is 3. The molecule has 0 bridgehead atoms. The highest BCUT2D eigenvalue weighted by Crippen LogP contribution is 2.46. The van der Waals surface area contributed by atoms with E-state index in [1.54, 1.807) is 0 Å². The topological polar surface area (TPSA) is 84.7 Å². The minimum atomic E-state index is -4.40. The third kappa shape index (κ3) is 5.80. The lowest BCUT2D eigenvalue weighted by Gasteiger charge is -2.44. The first-order chi connectivity index (χ1) is 14.7. The molecule has 1 fully saturated rings. The maximum absolute atomic E-state index is 13.2. The van der Waals surface area contributed by atoms with Crippen molar-refractivity contribution >= 4 is 11.6 Å². The number of halogens is 3. The minimum absolute atomic E-state index is 0.0890. The maximum Gasteiger partial charge on any atom is 0.416 e. The van der Waals surface area contributed by atoms with Crippen molar-refractivity contribution in [2.24, 2.45) is 10.9 Å². The Labute approximate surface area is 180 Å². The fourth-order valence-electron chi connectivity index (χ4n) is 4.10. The van der Waals surface area contributed by atoms with Gasteiger partial charge < -0.3 is 20.3 Å². The van der Waals surface area contributed by atoms with Gasteiger partial charge in [0.2, 0.25) is 5.96 Å². The molecule has 0 aromatic heterocycles. The van der Waals surface area contributed by atoms with Gasteiger partial charge in [-0.3, -0.25) is 5.32 Å². The molecule has 0 unspecified atom stereocenters. The fourth-order valence-corrected chi connectivity index (χ4v) is 4.10. The summed E-state index contributed by atoms with van der Waals surface area (Å²) >= 11 is 0. The highest BCUT2D eigenvalue weighted by Gasteiger charge is 2.41. The number of nitrogens with zero attached hydrogens (tertiary/aromatic N) is 3. The monoisotopic (exact) mass is 438 g/mol. The van der Waals surface area contributed by atoms with E-state index in [0.717, 1.165) is 25.5 Å². The molecule has 2 aliphatic heterocycles. The third-order valence-corrected chi connectivity index (χ3v) is 5.74. The van der Waals surface area contributed by atoms with E-state index in [0.29, 0.717) is 30.3 Å². The summed E-state index contributed by atoms with van der Waals surface area (Å²) in [6.45, 7) is 3.74. The van der Waals surface area contributed by atoms with E-state index in [9.17, 15) is 13.2 Å². The molecule has 3 N–H and O–H groups in total. The van der Waals surface area contributed by atoms with Crippen molar-refractivity contribution in [3.8, 4) is 6.19 Å². The molecule has 1 saturated heterocycles. The van der Waals surface area contributed by atoms with Gasteiger partial charge in [-0.15, -0.1) is 0 Å². The summed E-state index contributed by atoms with van der Waals surface area (Å²) in [5.74, 6) is 0.458. The summed E-state index contributed by atoms with van der Waals surface area (Å²) in [6.07, 6.45) is -1.62. The predicted octanol–water partition coefficient (Wildman–Crippen LogP) is 2.93. The number of benzene rings is 1. The highest BCUT2D eigenvalue weighted by molar-refractivity contribution is 5.81. The standard InChI is InChI=1S/C21H29F3N6O/c1-13-16-6-5-15(11-27-20(28-12-25)26-8-9-30(2)3)31-19(16)17-10-14(21(22,23)24)4-7-18(17)29-13/h4,7,10,13,15-16,19,29H,5-6,8-9,11H2,1-3H3,(H2,26,27,28)/t13-,15+,16-,19-/m0/s1. The summed E-state index contributed by atoms with van der Waals surface area (Å²) in [6, 6.07) is 3.88. The van der Waals surface area contributed by atoms with Crippen LogP contribution in [-0.4, -0.2) is 56.7 Å². The average Bonchev–Trinajstić information content (AvgIpc) is 2.71. The maximum atomic E-state index is 13.2. The van der Waals surface area contributed by atoms with E-state index in [-0.39, 0.29) is 18.1 Å². The Morgan fingerprint density at radius 2 is 2.13 bits per heavy atom. The van der Waals surface area contributed by atoms with Gasteiger partial charge in [0.25, 0.3) is 0 Å². The van der Waals surface area contributed by atoms with Crippen molar-refractivity contribution < 1.29 is 17.9 Å². The molecule has 0 radical (unpaired) electrons. The van der Waals surface area contributed by atoms with Gasteiger partial charge in [-0.2, -0.15) is 18.4 Å². The Bertz CT molecular complexity index is 835. The first-order valence-electron chi connectivity index (χ1n) is 10.4. The van der Waals surface area contributed by atoms with Crippen molar-refractivity contribution in [3.63, 3.8) is 0 Å². The second kappa shape index (κ2) is 9.75.